The van der Waals surface area contributed by atoms with E-state index >= 15 is 0 Å². The lowest BCUT2D eigenvalue weighted by atomic mass is 9.82. The Balaban J connectivity index is 1.56. The highest BCUT2D eigenvalue weighted by molar-refractivity contribution is 6.25. The third-order valence-electron chi connectivity index (χ3n) is 5.87. The number of benzene rings is 2. The van der Waals surface area contributed by atoms with Crippen LogP contribution in [0.2, 0.25) is 0 Å². The van der Waals surface area contributed by atoms with Crippen LogP contribution in [0, 0.1) is 11.8 Å². The number of hydrogen-bond acceptors (Lipinski definition) is 5. The van der Waals surface area contributed by atoms with Crippen molar-refractivity contribution in [2.75, 3.05) is 16.8 Å². The fraction of sp³-hybridized carbons (Fsp3) is 0.280. The number of nitrogens with one attached hydrogen (secondary N) is 1. The Kier molecular flexibility index (Phi) is 5.90. The van der Waals surface area contributed by atoms with Gasteiger partial charge in [0.1, 0.15) is 0 Å². The van der Waals surface area contributed by atoms with E-state index in [0.29, 0.717) is 24.1 Å². The molecule has 1 aliphatic heterocycles. The maximum Gasteiger partial charge on any atom is 0.338 e. The van der Waals surface area contributed by atoms with E-state index in [2.05, 4.69) is 5.32 Å². The maximum atomic E-state index is 13.1. The molecule has 0 saturated carbocycles. The molecule has 1 saturated heterocycles. The van der Waals surface area contributed by atoms with Gasteiger partial charge in [-0.3, -0.25) is 14.4 Å². The molecule has 2 aromatic carbocycles. The van der Waals surface area contributed by atoms with Crippen LogP contribution in [0.4, 0.5) is 11.4 Å². The lowest BCUT2D eigenvalue weighted by Gasteiger charge is -2.19. The number of fused-ring (bicyclic) bond motifs is 1. The standard InChI is InChI=1S/C25H24N2O5/c1-3-32-25(31)16-9-11-17(12-10-16)26-22(28)19-6-4-5-7-21(19)27-23(29)18-13-8-15(2)14-20(18)24(27)30/h4-12,18,20H,3,13-14H2,1-2H3,(H,26,28)/t18-,20-/m0/s1. The Hall–Kier alpha value is -3.74. The predicted octanol–water partition coefficient (Wildman–Crippen LogP) is 3.96. The van der Waals surface area contributed by atoms with Crippen LogP contribution in [0.5, 0.6) is 0 Å². The molecule has 7 heteroatoms. The van der Waals surface area contributed by atoms with Crippen LogP contribution >= 0.6 is 0 Å². The van der Waals surface area contributed by atoms with E-state index in [4.69, 9.17) is 4.74 Å². The summed E-state index contributed by atoms with van der Waals surface area (Å²) in [6, 6.07) is 12.9. The van der Waals surface area contributed by atoms with Gasteiger partial charge in [0.25, 0.3) is 5.91 Å². The molecular weight excluding hydrogens is 408 g/mol. The number of rotatable bonds is 5. The van der Waals surface area contributed by atoms with Crippen molar-refractivity contribution in [3.8, 4) is 0 Å². The van der Waals surface area contributed by atoms with Gasteiger partial charge in [-0.25, -0.2) is 9.69 Å². The molecule has 0 aromatic heterocycles. The Morgan fingerprint density at radius 1 is 1.03 bits per heavy atom. The van der Waals surface area contributed by atoms with Gasteiger partial charge < -0.3 is 10.1 Å². The number of esters is 1. The molecule has 7 nitrogen and oxygen atoms in total. The Morgan fingerprint density at radius 3 is 2.44 bits per heavy atom. The summed E-state index contributed by atoms with van der Waals surface area (Å²) < 4.78 is 4.96. The molecule has 1 N–H and O–H groups in total. The second-order valence-corrected chi connectivity index (χ2v) is 7.98. The molecule has 1 fully saturated rings. The Bertz CT molecular complexity index is 1120. The molecule has 2 aliphatic rings. The van der Waals surface area contributed by atoms with Gasteiger partial charge in [-0.05, 0) is 63.1 Å². The average molecular weight is 432 g/mol. The third-order valence-corrected chi connectivity index (χ3v) is 5.87. The highest BCUT2D eigenvalue weighted by Crippen LogP contribution is 2.40. The molecule has 164 valence electrons. The summed E-state index contributed by atoms with van der Waals surface area (Å²) in [4.78, 5) is 52.1. The summed E-state index contributed by atoms with van der Waals surface area (Å²) in [6.07, 6.45) is 3.11. The van der Waals surface area contributed by atoms with E-state index in [1.807, 2.05) is 13.0 Å². The zero-order valence-electron chi connectivity index (χ0n) is 18.0. The van der Waals surface area contributed by atoms with Gasteiger partial charge in [-0.15, -0.1) is 0 Å². The Labute approximate surface area is 186 Å². The van der Waals surface area contributed by atoms with Crippen molar-refractivity contribution in [3.05, 3.63) is 71.3 Å². The van der Waals surface area contributed by atoms with Crippen molar-refractivity contribution in [3.63, 3.8) is 0 Å². The lowest BCUT2D eigenvalue weighted by molar-refractivity contribution is -0.122. The number of amides is 3. The van der Waals surface area contributed by atoms with Crippen molar-refractivity contribution in [1.29, 1.82) is 0 Å². The van der Waals surface area contributed by atoms with E-state index in [-0.39, 0.29) is 41.5 Å². The van der Waals surface area contributed by atoms with Crippen molar-refractivity contribution >= 4 is 35.1 Å². The number of hydrogen-bond donors (Lipinski definition) is 1. The summed E-state index contributed by atoms with van der Waals surface area (Å²) in [5.41, 5.74) is 2.48. The number of ether oxygens (including phenoxy) is 1. The summed E-state index contributed by atoms with van der Waals surface area (Å²) >= 11 is 0. The fourth-order valence-corrected chi connectivity index (χ4v) is 4.24. The molecule has 3 amide bonds. The van der Waals surface area contributed by atoms with Crippen LogP contribution in [-0.4, -0.2) is 30.3 Å². The fourth-order valence-electron chi connectivity index (χ4n) is 4.24. The van der Waals surface area contributed by atoms with E-state index < -0.39 is 11.9 Å². The Morgan fingerprint density at radius 2 is 1.72 bits per heavy atom. The largest absolute Gasteiger partial charge is 0.462 e. The molecule has 0 bridgehead atoms. The number of carbonyl (C=O) groups excluding carboxylic acids is 4. The van der Waals surface area contributed by atoms with Gasteiger partial charge in [0.05, 0.1) is 35.3 Å². The zero-order valence-corrected chi connectivity index (χ0v) is 18.0. The van der Waals surface area contributed by atoms with E-state index in [1.165, 1.54) is 4.90 Å². The maximum absolute atomic E-state index is 13.1. The smallest absolute Gasteiger partial charge is 0.338 e. The average Bonchev–Trinajstić information content (AvgIpc) is 3.03. The SMILES string of the molecule is CCOC(=O)c1ccc(NC(=O)c2ccccc2N2C(=O)[C@H]3CC=C(C)C[C@@H]3C2=O)cc1. The van der Waals surface area contributed by atoms with Gasteiger partial charge >= 0.3 is 5.97 Å². The van der Waals surface area contributed by atoms with Crippen molar-refractivity contribution in [2.24, 2.45) is 11.8 Å². The summed E-state index contributed by atoms with van der Waals surface area (Å²) in [5, 5.41) is 2.77. The number of imide groups is 1. The van der Waals surface area contributed by atoms with Crippen LogP contribution in [-0.2, 0) is 14.3 Å². The quantitative estimate of drug-likeness (QED) is 0.439. The van der Waals surface area contributed by atoms with Gasteiger partial charge in [-0.2, -0.15) is 0 Å². The molecule has 2 aromatic rings. The molecule has 0 radical (unpaired) electrons. The van der Waals surface area contributed by atoms with Gasteiger partial charge in [0, 0.05) is 5.69 Å². The summed E-state index contributed by atoms with van der Waals surface area (Å²) in [7, 11) is 0. The third kappa shape index (κ3) is 3.93. The minimum absolute atomic E-state index is 0.229. The molecule has 0 spiro atoms. The second kappa shape index (κ2) is 8.78. The van der Waals surface area contributed by atoms with Crippen LogP contribution in [0.15, 0.2) is 60.2 Å². The molecule has 32 heavy (non-hydrogen) atoms. The molecule has 1 aliphatic carbocycles. The highest BCUT2D eigenvalue weighted by atomic mass is 16.5. The normalized spacial score (nSPS) is 19.9. The first-order chi connectivity index (χ1) is 15.4. The predicted molar refractivity (Wildman–Crippen MR) is 119 cm³/mol. The van der Waals surface area contributed by atoms with Crippen LogP contribution in [0.25, 0.3) is 0 Å². The van der Waals surface area contributed by atoms with Gasteiger partial charge in [0.15, 0.2) is 0 Å². The summed E-state index contributed by atoms with van der Waals surface area (Å²) in [6.45, 7) is 3.97. The van der Waals surface area contributed by atoms with E-state index in [9.17, 15) is 19.2 Å². The lowest BCUT2D eigenvalue weighted by Crippen LogP contribution is -2.33. The number of carbonyl (C=O) groups is 4. The van der Waals surface area contributed by atoms with E-state index in [0.717, 1.165) is 5.57 Å². The molecule has 1 heterocycles. The monoisotopic (exact) mass is 432 g/mol. The van der Waals surface area contributed by atoms with Crippen LogP contribution in [0.1, 0.15) is 47.4 Å². The molecule has 2 atom stereocenters. The molecular formula is C25H24N2O5. The van der Waals surface area contributed by atoms with Gasteiger partial charge in [0.2, 0.25) is 11.8 Å². The number of nitrogens with zero attached hydrogens (tertiary/aromatic N) is 1. The van der Waals surface area contributed by atoms with Crippen LogP contribution in [0.3, 0.4) is 0 Å². The topological polar surface area (TPSA) is 92.8 Å². The first-order valence-electron chi connectivity index (χ1n) is 10.6. The van der Waals surface area contributed by atoms with Crippen molar-refractivity contribution < 1.29 is 23.9 Å². The van der Waals surface area contributed by atoms with Crippen molar-refractivity contribution in [1.82, 2.24) is 0 Å². The van der Waals surface area contributed by atoms with Gasteiger partial charge in [-0.1, -0.05) is 23.8 Å². The number of allylic oxidation sites excluding steroid dienone is 2. The molecule has 0 unspecified atom stereocenters. The van der Waals surface area contributed by atoms with E-state index in [1.54, 1.807) is 55.5 Å². The minimum Gasteiger partial charge on any atom is -0.462 e. The number of para-hydroxylation sites is 1. The first-order valence-corrected chi connectivity index (χ1v) is 10.6. The van der Waals surface area contributed by atoms with Crippen LogP contribution < -0.4 is 10.2 Å². The highest BCUT2D eigenvalue weighted by Gasteiger charge is 2.49. The minimum atomic E-state index is -0.450. The zero-order chi connectivity index (χ0) is 22.8. The summed E-state index contributed by atoms with van der Waals surface area (Å²) in [5.74, 6) is -2.16. The van der Waals surface area contributed by atoms with Crippen molar-refractivity contribution in [2.45, 2.75) is 26.7 Å². The second-order valence-electron chi connectivity index (χ2n) is 7.98. The first kappa shape index (κ1) is 21.5. The molecule has 4 rings (SSSR count). The number of anilines is 2.